The molecule has 5 rings (SSSR count). The molecule has 4 aliphatic rings. The molecule has 4 aliphatic carbocycles. The average Bonchev–Trinajstić information content (AvgIpc) is 3.06. The van der Waals surface area contributed by atoms with Gasteiger partial charge >= 0.3 is 0 Å². The summed E-state index contributed by atoms with van der Waals surface area (Å²) >= 11 is 0. The molecule has 6 atom stereocenters. The zero-order valence-electron chi connectivity index (χ0n) is 15.2. The topological polar surface area (TPSA) is 48.9 Å². The van der Waals surface area contributed by atoms with Gasteiger partial charge in [-0.25, -0.2) is 0 Å². The molecule has 24 heavy (non-hydrogen) atoms. The van der Waals surface area contributed by atoms with Gasteiger partial charge in [-0.3, -0.25) is 5.10 Å². The number of hydrogen-bond donors (Lipinski definition) is 2. The Morgan fingerprint density at radius 2 is 1.92 bits per heavy atom. The van der Waals surface area contributed by atoms with Crippen molar-refractivity contribution in [2.75, 3.05) is 0 Å². The monoisotopic (exact) mass is 326 g/mol. The minimum atomic E-state index is -0.468. The van der Waals surface area contributed by atoms with E-state index in [1.54, 1.807) is 5.57 Å². The maximum Gasteiger partial charge on any atom is 0.0675 e. The molecule has 0 unspecified atom stereocenters. The van der Waals surface area contributed by atoms with Crippen molar-refractivity contribution in [2.24, 2.45) is 28.6 Å². The number of H-pyrrole nitrogens is 1. The molecule has 0 saturated heterocycles. The zero-order valence-corrected chi connectivity index (χ0v) is 15.2. The molecule has 1 heterocycles. The van der Waals surface area contributed by atoms with Crippen molar-refractivity contribution in [2.45, 2.75) is 71.3 Å². The highest BCUT2D eigenvalue weighted by Gasteiger charge is 2.62. The fourth-order valence-corrected chi connectivity index (χ4v) is 7.21. The molecule has 1 aromatic rings. The van der Waals surface area contributed by atoms with Crippen molar-refractivity contribution < 1.29 is 5.11 Å². The first-order valence-corrected chi connectivity index (χ1v) is 9.81. The third-order valence-corrected chi connectivity index (χ3v) is 8.93. The molecule has 3 fully saturated rings. The van der Waals surface area contributed by atoms with Crippen LogP contribution in [-0.2, 0) is 6.42 Å². The van der Waals surface area contributed by atoms with Gasteiger partial charge in [0, 0.05) is 0 Å². The molecular weight excluding hydrogens is 296 g/mol. The highest BCUT2D eigenvalue weighted by Crippen LogP contribution is 2.67. The molecule has 3 saturated carbocycles. The summed E-state index contributed by atoms with van der Waals surface area (Å²) in [5.74, 6) is 2.26. The van der Waals surface area contributed by atoms with Crippen LogP contribution in [0.15, 0.2) is 11.8 Å². The van der Waals surface area contributed by atoms with E-state index in [4.69, 9.17) is 0 Å². The standard InChI is InChI=1S/C21H30N2O/c1-19-11-13-12-22-23-18(13)10-14(19)4-5-15-16(19)6-8-20(2)17(15)7-9-21(20,3)24/h10,12,15-17,24H,4-9,11H2,1-3H3,(H,22,23)/t15-,16-,17-,19+,20-,21+/m0/s1. The van der Waals surface area contributed by atoms with E-state index in [2.05, 4.69) is 37.0 Å². The van der Waals surface area contributed by atoms with E-state index in [1.165, 1.54) is 43.4 Å². The van der Waals surface area contributed by atoms with Gasteiger partial charge in [-0.15, -0.1) is 0 Å². The summed E-state index contributed by atoms with van der Waals surface area (Å²) in [7, 11) is 0. The lowest BCUT2D eigenvalue weighted by molar-refractivity contribution is -0.116. The molecule has 2 N–H and O–H groups in total. The predicted octanol–water partition coefficient (Wildman–Crippen LogP) is 4.34. The molecule has 0 aromatic carbocycles. The number of hydrogen-bond acceptors (Lipinski definition) is 2. The summed E-state index contributed by atoms with van der Waals surface area (Å²) in [6, 6.07) is 0. The summed E-state index contributed by atoms with van der Waals surface area (Å²) in [6.07, 6.45) is 12.8. The van der Waals surface area contributed by atoms with E-state index in [9.17, 15) is 5.11 Å². The maximum absolute atomic E-state index is 11.0. The molecule has 0 amide bonds. The van der Waals surface area contributed by atoms with Crippen LogP contribution in [0.1, 0.15) is 70.6 Å². The van der Waals surface area contributed by atoms with Gasteiger partial charge in [0.05, 0.1) is 17.5 Å². The van der Waals surface area contributed by atoms with E-state index in [-0.39, 0.29) is 5.41 Å². The Balaban J connectivity index is 1.53. The van der Waals surface area contributed by atoms with Crippen molar-refractivity contribution in [3.8, 4) is 0 Å². The maximum atomic E-state index is 11.0. The van der Waals surface area contributed by atoms with E-state index < -0.39 is 5.60 Å². The fourth-order valence-electron chi connectivity index (χ4n) is 7.21. The van der Waals surface area contributed by atoms with Crippen LogP contribution in [0.25, 0.3) is 6.08 Å². The van der Waals surface area contributed by atoms with Crippen molar-refractivity contribution in [3.05, 3.63) is 23.0 Å². The number of allylic oxidation sites excluding steroid dienone is 1. The van der Waals surface area contributed by atoms with E-state index in [0.29, 0.717) is 11.3 Å². The Morgan fingerprint density at radius 1 is 1.12 bits per heavy atom. The lowest BCUT2D eigenvalue weighted by Crippen LogP contribution is -2.54. The second kappa shape index (κ2) is 4.55. The minimum absolute atomic E-state index is 0.126. The quantitative estimate of drug-likeness (QED) is 0.745. The van der Waals surface area contributed by atoms with Gasteiger partial charge in [0.2, 0.25) is 0 Å². The second-order valence-electron chi connectivity index (χ2n) is 9.76. The first-order valence-electron chi connectivity index (χ1n) is 9.81. The van der Waals surface area contributed by atoms with Crippen LogP contribution in [0.5, 0.6) is 0 Å². The van der Waals surface area contributed by atoms with E-state index in [0.717, 1.165) is 24.7 Å². The van der Waals surface area contributed by atoms with Gasteiger partial charge in [-0.2, -0.15) is 5.10 Å². The van der Waals surface area contributed by atoms with Crippen LogP contribution in [0.4, 0.5) is 0 Å². The number of rotatable bonds is 0. The molecule has 0 aliphatic heterocycles. The first kappa shape index (κ1) is 15.2. The van der Waals surface area contributed by atoms with Gasteiger partial charge in [0.15, 0.2) is 0 Å². The number of aliphatic hydroxyl groups is 1. The zero-order chi connectivity index (χ0) is 16.7. The van der Waals surface area contributed by atoms with Crippen LogP contribution < -0.4 is 0 Å². The van der Waals surface area contributed by atoms with Crippen LogP contribution in [0.3, 0.4) is 0 Å². The van der Waals surface area contributed by atoms with E-state index in [1.807, 2.05) is 6.20 Å². The van der Waals surface area contributed by atoms with Crippen molar-refractivity contribution in [1.29, 1.82) is 0 Å². The van der Waals surface area contributed by atoms with Gasteiger partial charge in [-0.1, -0.05) is 19.4 Å². The summed E-state index contributed by atoms with van der Waals surface area (Å²) in [6.45, 7) is 6.99. The predicted molar refractivity (Wildman–Crippen MR) is 95.3 cm³/mol. The number of aromatic nitrogens is 2. The minimum Gasteiger partial charge on any atom is -0.390 e. The fraction of sp³-hybridized carbons (Fsp3) is 0.762. The Hall–Kier alpha value is -1.09. The van der Waals surface area contributed by atoms with Crippen LogP contribution >= 0.6 is 0 Å². The second-order valence-corrected chi connectivity index (χ2v) is 9.76. The first-order chi connectivity index (χ1) is 11.4. The number of aromatic amines is 1. The molecule has 0 bridgehead atoms. The van der Waals surface area contributed by atoms with Crippen LogP contribution in [0.2, 0.25) is 0 Å². The molecule has 3 heteroatoms. The van der Waals surface area contributed by atoms with Crippen LogP contribution in [-0.4, -0.2) is 20.9 Å². The molecular formula is C21H30N2O. The third-order valence-electron chi connectivity index (χ3n) is 8.93. The lowest BCUT2D eigenvalue weighted by atomic mass is 9.46. The highest BCUT2D eigenvalue weighted by atomic mass is 16.3. The van der Waals surface area contributed by atoms with Gasteiger partial charge < -0.3 is 5.11 Å². The largest absolute Gasteiger partial charge is 0.390 e. The van der Waals surface area contributed by atoms with Gasteiger partial charge in [0.1, 0.15) is 0 Å². The van der Waals surface area contributed by atoms with Gasteiger partial charge in [-0.05, 0) is 92.1 Å². The highest BCUT2D eigenvalue weighted by molar-refractivity contribution is 5.58. The van der Waals surface area contributed by atoms with E-state index >= 15 is 0 Å². The van der Waals surface area contributed by atoms with Gasteiger partial charge in [0.25, 0.3) is 0 Å². The number of fused-ring (bicyclic) bond motifs is 6. The molecule has 0 spiro atoms. The number of nitrogens with zero attached hydrogens (tertiary/aromatic N) is 1. The summed E-state index contributed by atoms with van der Waals surface area (Å²) < 4.78 is 0. The smallest absolute Gasteiger partial charge is 0.0675 e. The summed E-state index contributed by atoms with van der Waals surface area (Å²) in [5.41, 5.74) is 4.24. The molecule has 0 radical (unpaired) electrons. The average molecular weight is 326 g/mol. The van der Waals surface area contributed by atoms with Crippen LogP contribution in [0, 0.1) is 28.6 Å². The van der Waals surface area contributed by atoms with Crippen molar-refractivity contribution >= 4 is 6.08 Å². The lowest BCUT2D eigenvalue weighted by Gasteiger charge is -2.58. The Morgan fingerprint density at radius 3 is 2.75 bits per heavy atom. The molecule has 3 nitrogen and oxygen atoms in total. The Kier molecular flexibility index (Phi) is 2.88. The van der Waals surface area contributed by atoms with Crippen molar-refractivity contribution in [3.63, 3.8) is 0 Å². The van der Waals surface area contributed by atoms with Crippen molar-refractivity contribution in [1.82, 2.24) is 10.2 Å². The Bertz CT molecular complexity index is 717. The molecule has 1 aromatic heterocycles. The SMILES string of the molecule is C[C@]12CC[C@H]3[C@H](CCC4=Cc5[nH]ncc5C[C@]43C)[C@@H]1CC[C@@]2(C)O. The summed E-state index contributed by atoms with van der Waals surface area (Å²) in [5, 5.41) is 18.5. The summed E-state index contributed by atoms with van der Waals surface area (Å²) in [4.78, 5) is 0. The molecule has 130 valence electrons. The normalized spacial score (nSPS) is 49.7. The Labute approximate surface area is 144 Å². The third kappa shape index (κ3) is 1.70. The number of nitrogens with one attached hydrogen (secondary N) is 1.